The van der Waals surface area contributed by atoms with E-state index in [9.17, 15) is 18.0 Å². The van der Waals surface area contributed by atoms with E-state index in [0.717, 1.165) is 6.07 Å². The standard InChI is InChI=1S/C13H14BrF3N2O2/c1-21-12(20)8-4-6-19(7-5-8)11-9(14)2-3-10(18-11)13(15,16)17/h2-3,8H,4-7H2,1H3. The number of carbonyl (C=O) groups excluding carboxylic acids is 1. The smallest absolute Gasteiger partial charge is 0.433 e. The molecule has 8 heteroatoms. The number of rotatable bonds is 2. The van der Waals surface area contributed by atoms with Gasteiger partial charge in [0.05, 0.1) is 17.5 Å². The first-order valence-electron chi connectivity index (χ1n) is 6.39. The summed E-state index contributed by atoms with van der Waals surface area (Å²) in [7, 11) is 1.33. The van der Waals surface area contributed by atoms with Gasteiger partial charge in [-0.15, -0.1) is 0 Å². The fourth-order valence-corrected chi connectivity index (χ4v) is 2.78. The van der Waals surface area contributed by atoms with Crippen LogP contribution in [-0.4, -0.2) is 31.2 Å². The molecule has 2 rings (SSSR count). The number of anilines is 1. The van der Waals surface area contributed by atoms with E-state index in [-0.39, 0.29) is 17.7 Å². The molecular formula is C13H14BrF3N2O2. The Labute approximate surface area is 128 Å². The molecule has 21 heavy (non-hydrogen) atoms. The highest BCUT2D eigenvalue weighted by atomic mass is 79.9. The first-order chi connectivity index (χ1) is 9.82. The van der Waals surface area contributed by atoms with Crippen LogP contribution in [0.1, 0.15) is 18.5 Å². The van der Waals surface area contributed by atoms with Crippen molar-refractivity contribution in [3.8, 4) is 0 Å². The Morgan fingerprint density at radius 2 is 2.00 bits per heavy atom. The number of pyridine rings is 1. The van der Waals surface area contributed by atoms with Gasteiger partial charge in [-0.2, -0.15) is 13.2 Å². The zero-order valence-corrected chi connectivity index (χ0v) is 12.9. The van der Waals surface area contributed by atoms with Crippen LogP contribution in [0.25, 0.3) is 0 Å². The summed E-state index contributed by atoms with van der Waals surface area (Å²) in [5, 5.41) is 0. The van der Waals surface area contributed by atoms with E-state index in [2.05, 4.69) is 25.7 Å². The van der Waals surface area contributed by atoms with Crippen molar-refractivity contribution in [2.24, 2.45) is 5.92 Å². The van der Waals surface area contributed by atoms with Gasteiger partial charge in [-0.05, 0) is 40.9 Å². The molecule has 0 spiro atoms. The fraction of sp³-hybridized carbons (Fsp3) is 0.538. The van der Waals surface area contributed by atoms with Crippen molar-refractivity contribution in [3.05, 3.63) is 22.3 Å². The molecule has 0 radical (unpaired) electrons. The fourth-order valence-electron chi connectivity index (χ4n) is 2.30. The molecule has 1 aromatic heterocycles. The lowest BCUT2D eigenvalue weighted by Gasteiger charge is -2.32. The number of hydrogen-bond acceptors (Lipinski definition) is 4. The molecule has 0 aromatic carbocycles. The van der Waals surface area contributed by atoms with Gasteiger partial charge >= 0.3 is 12.1 Å². The van der Waals surface area contributed by atoms with Crippen LogP contribution >= 0.6 is 15.9 Å². The van der Waals surface area contributed by atoms with E-state index in [1.54, 1.807) is 4.90 Å². The molecule has 1 fully saturated rings. The number of esters is 1. The summed E-state index contributed by atoms with van der Waals surface area (Å²) < 4.78 is 43.4. The second kappa shape index (κ2) is 6.21. The Hall–Kier alpha value is -1.31. The minimum atomic E-state index is -4.47. The van der Waals surface area contributed by atoms with Gasteiger partial charge in [0.1, 0.15) is 11.5 Å². The molecule has 0 unspecified atom stereocenters. The zero-order chi connectivity index (χ0) is 15.6. The van der Waals surface area contributed by atoms with E-state index in [4.69, 9.17) is 0 Å². The lowest BCUT2D eigenvalue weighted by molar-refractivity contribution is -0.146. The SMILES string of the molecule is COC(=O)C1CCN(c2nc(C(F)(F)F)ccc2Br)CC1. The van der Waals surface area contributed by atoms with Gasteiger partial charge in [0, 0.05) is 13.1 Å². The van der Waals surface area contributed by atoms with E-state index >= 15 is 0 Å². The van der Waals surface area contributed by atoms with Crippen molar-refractivity contribution in [1.29, 1.82) is 0 Å². The van der Waals surface area contributed by atoms with Crippen molar-refractivity contribution >= 4 is 27.7 Å². The largest absolute Gasteiger partial charge is 0.469 e. The number of methoxy groups -OCH3 is 1. The van der Waals surface area contributed by atoms with E-state index in [0.29, 0.717) is 30.4 Å². The average Bonchev–Trinajstić information content (AvgIpc) is 2.46. The van der Waals surface area contributed by atoms with E-state index in [1.165, 1.54) is 13.2 Å². The second-order valence-electron chi connectivity index (χ2n) is 4.78. The maximum Gasteiger partial charge on any atom is 0.433 e. The molecule has 4 nitrogen and oxygen atoms in total. The van der Waals surface area contributed by atoms with Crippen LogP contribution in [0, 0.1) is 5.92 Å². The summed E-state index contributed by atoms with van der Waals surface area (Å²) in [6.45, 7) is 0.930. The topological polar surface area (TPSA) is 42.4 Å². The molecule has 1 saturated heterocycles. The van der Waals surface area contributed by atoms with Gasteiger partial charge in [-0.3, -0.25) is 4.79 Å². The molecule has 0 bridgehead atoms. The first kappa shape index (κ1) is 16.1. The number of carbonyl (C=O) groups is 1. The number of nitrogens with zero attached hydrogens (tertiary/aromatic N) is 2. The summed E-state index contributed by atoms with van der Waals surface area (Å²) in [6, 6.07) is 2.28. The molecule has 0 saturated carbocycles. The predicted molar refractivity (Wildman–Crippen MR) is 73.9 cm³/mol. The van der Waals surface area contributed by atoms with Crippen LogP contribution in [0.3, 0.4) is 0 Å². The highest BCUT2D eigenvalue weighted by molar-refractivity contribution is 9.10. The van der Waals surface area contributed by atoms with Gasteiger partial charge in [-0.1, -0.05) is 0 Å². The molecule has 116 valence electrons. The third-order valence-electron chi connectivity index (χ3n) is 3.45. The first-order valence-corrected chi connectivity index (χ1v) is 7.18. The number of piperidine rings is 1. The Morgan fingerprint density at radius 1 is 1.38 bits per heavy atom. The summed E-state index contributed by atoms with van der Waals surface area (Å²) in [5.41, 5.74) is -0.921. The summed E-state index contributed by atoms with van der Waals surface area (Å²) in [4.78, 5) is 16.9. The number of ether oxygens (including phenoxy) is 1. The molecule has 1 aliphatic heterocycles. The van der Waals surface area contributed by atoms with Crippen LogP contribution in [0.2, 0.25) is 0 Å². The number of aromatic nitrogens is 1. The third kappa shape index (κ3) is 3.66. The zero-order valence-electron chi connectivity index (χ0n) is 11.3. The van der Waals surface area contributed by atoms with Gasteiger partial charge in [-0.25, -0.2) is 4.98 Å². The van der Waals surface area contributed by atoms with E-state index < -0.39 is 11.9 Å². The number of halogens is 4. The Bertz CT molecular complexity index is 529. The van der Waals surface area contributed by atoms with Crippen LogP contribution < -0.4 is 4.90 Å². The summed E-state index contributed by atoms with van der Waals surface area (Å²) in [6.07, 6.45) is -3.39. The lowest BCUT2D eigenvalue weighted by atomic mass is 9.97. The van der Waals surface area contributed by atoms with Gasteiger partial charge < -0.3 is 9.64 Å². The molecule has 0 amide bonds. The Morgan fingerprint density at radius 3 is 2.52 bits per heavy atom. The highest BCUT2D eigenvalue weighted by Crippen LogP contribution is 2.34. The monoisotopic (exact) mass is 366 g/mol. The van der Waals surface area contributed by atoms with Gasteiger partial charge in [0.15, 0.2) is 0 Å². The minimum absolute atomic E-state index is 0.198. The molecular weight excluding hydrogens is 353 g/mol. The maximum absolute atomic E-state index is 12.7. The van der Waals surface area contributed by atoms with Crippen molar-refractivity contribution in [2.45, 2.75) is 19.0 Å². The molecule has 0 atom stereocenters. The number of hydrogen-bond donors (Lipinski definition) is 0. The Balaban J connectivity index is 2.15. The summed E-state index contributed by atoms with van der Waals surface area (Å²) in [5.74, 6) is -0.213. The van der Waals surface area contributed by atoms with Gasteiger partial charge in [0.2, 0.25) is 0 Å². The highest BCUT2D eigenvalue weighted by Gasteiger charge is 2.34. The maximum atomic E-state index is 12.7. The summed E-state index contributed by atoms with van der Waals surface area (Å²) >= 11 is 3.23. The normalized spacial score (nSPS) is 16.9. The van der Waals surface area contributed by atoms with Crippen molar-refractivity contribution in [3.63, 3.8) is 0 Å². The van der Waals surface area contributed by atoms with Crippen molar-refractivity contribution < 1.29 is 22.7 Å². The van der Waals surface area contributed by atoms with E-state index in [1.807, 2.05) is 0 Å². The van der Waals surface area contributed by atoms with Crippen LogP contribution in [-0.2, 0) is 15.7 Å². The van der Waals surface area contributed by atoms with Crippen molar-refractivity contribution in [2.75, 3.05) is 25.1 Å². The molecule has 1 aliphatic rings. The van der Waals surface area contributed by atoms with Crippen molar-refractivity contribution in [1.82, 2.24) is 4.98 Å². The average molecular weight is 367 g/mol. The van der Waals surface area contributed by atoms with Crippen LogP contribution in [0.4, 0.5) is 19.0 Å². The lowest BCUT2D eigenvalue weighted by Crippen LogP contribution is -2.37. The quantitative estimate of drug-likeness (QED) is 0.753. The minimum Gasteiger partial charge on any atom is -0.469 e. The molecule has 0 aliphatic carbocycles. The third-order valence-corrected chi connectivity index (χ3v) is 4.07. The van der Waals surface area contributed by atoms with Crippen LogP contribution in [0.15, 0.2) is 16.6 Å². The second-order valence-corrected chi connectivity index (χ2v) is 5.64. The number of alkyl halides is 3. The predicted octanol–water partition coefficient (Wildman–Crippen LogP) is 3.25. The Kier molecular flexibility index (Phi) is 4.75. The van der Waals surface area contributed by atoms with Crippen LogP contribution in [0.5, 0.6) is 0 Å². The molecule has 1 aromatic rings. The molecule has 2 heterocycles. The molecule has 0 N–H and O–H groups in total. The van der Waals surface area contributed by atoms with Gasteiger partial charge in [0.25, 0.3) is 0 Å².